The van der Waals surface area contributed by atoms with Crippen molar-refractivity contribution in [2.24, 2.45) is 0 Å². The highest BCUT2D eigenvalue weighted by atomic mass is 16.6. The zero-order valence-corrected chi connectivity index (χ0v) is 42.4. The van der Waals surface area contributed by atoms with Crippen LogP contribution in [0.1, 0.15) is 303 Å². The molecular formula is C57H106O6. The topological polar surface area (TPSA) is 78.9 Å². The highest BCUT2D eigenvalue weighted by molar-refractivity contribution is 5.71. The first kappa shape index (κ1) is 60.9. The van der Waals surface area contributed by atoms with Gasteiger partial charge in [-0.25, -0.2) is 0 Å². The van der Waals surface area contributed by atoms with Crippen LogP contribution in [0.4, 0.5) is 0 Å². The summed E-state index contributed by atoms with van der Waals surface area (Å²) in [5.74, 6) is -0.857. The highest BCUT2D eigenvalue weighted by Crippen LogP contribution is 2.16. The molecule has 0 aromatic carbocycles. The standard InChI is InChI=1S/C57H106O6/c1-4-7-10-13-16-19-21-23-25-26-27-28-29-30-32-33-35-38-41-44-47-50-56(59)62-53-54(52-61-55(58)49-46-43-40-37-18-15-12-9-6-3)63-57(60)51-48-45-42-39-36-34-31-24-22-20-17-14-11-8-5-2/h21,23,26-27,54H,4-20,22,24-25,28-53H2,1-3H3/b23-21-,27-26-. The first-order valence-corrected chi connectivity index (χ1v) is 27.8. The van der Waals surface area contributed by atoms with Gasteiger partial charge in [-0.15, -0.1) is 0 Å². The van der Waals surface area contributed by atoms with E-state index >= 15 is 0 Å². The van der Waals surface area contributed by atoms with Crippen LogP contribution < -0.4 is 0 Å². The summed E-state index contributed by atoms with van der Waals surface area (Å²) >= 11 is 0. The van der Waals surface area contributed by atoms with Crippen molar-refractivity contribution >= 4 is 17.9 Å². The Kier molecular flexibility index (Phi) is 50.8. The number of allylic oxidation sites excluding steroid dienone is 4. The second-order valence-electron chi connectivity index (χ2n) is 18.9. The largest absolute Gasteiger partial charge is 0.462 e. The molecule has 0 heterocycles. The molecule has 0 aliphatic rings. The molecule has 0 aliphatic heterocycles. The van der Waals surface area contributed by atoms with Gasteiger partial charge in [0.1, 0.15) is 13.2 Å². The second kappa shape index (κ2) is 52.5. The van der Waals surface area contributed by atoms with Gasteiger partial charge >= 0.3 is 17.9 Å². The van der Waals surface area contributed by atoms with E-state index in [-0.39, 0.29) is 31.1 Å². The fraction of sp³-hybridized carbons (Fsp3) is 0.877. The quantitative estimate of drug-likeness (QED) is 0.0262. The molecule has 0 fully saturated rings. The minimum absolute atomic E-state index is 0.0677. The van der Waals surface area contributed by atoms with Gasteiger partial charge in [0.05, 0.1) is 0 Å². The molecule has 0 aromatic heterocycles. The number of esters is 3. The second-order valence-corrected chi connectivity index (χ2v) is 18.9. The molecule has 0 rings (SSSR count). The smallest absolute Gasteiger partial charge is 0.306 e. The number of carbonyl (C=O) groups excluding carboxylic acids is 3. The molecule has 0 radical (unpaired) electrons. The number of ether oxygens (including phenoxy) is 3. The van der Waals surface area contributed by atoms with Crippen LogP contribution in [-0.2, 0) is 28.6 Å². The van der Waals surface area contributed by atoms with E-state index in [1.54, 1.807) is 0 Å². The molecule has 0 saturated carbocycles. The maximum atomic E-state index is 12.8. The lowest BCUT2D eigenvalue weighted by molar-refractivity contribution is -0.167. The number of rotatable bonds is 51. The molecule has 0 N–H and O–H groups in total. The van der Waals surface area contributed by atoms with Crippen LogP contribution in [0, 0.1) is 0 Å². The number of unbranched alkanes of at least 4 members (excludes halogenated alkanes) is 36. The third-order valence-corrected chi connectivity index (χ3v) is 12.5. The van der Waals surface area contributed by atoms with Crippen LogP contribution in [-0.4, -0.2) is 37.2 Å². The predicted octanol–water partition coefficient (Wildman–Crippen LogP) is 18.3. The monoisotopic (exact) mass is 887 g/mol. The number of hydrogen-bond donors (Lipinski definition) is 0. The van der Waals surface area contributed by atoms with Crippen LogP contribution in [0.15, 0.2) is 24.3 Å². The summed E-state index contributed by atoms with van der Waals surface area (Å²) < 4.78 is 16.8. The average molecular weight is 887 g/mol. The van der Waals surface area contributed by atoms with Crippen LogP contribution in [0.5, 0.6) is 0 Å². The maximum absolute atomic E-state index is 12.8. The first-order valence-electron chi connectivity index (χ1n) is 27.8. The minimum atomic E-state index is -0.766. The summed E-state index contributed by atoms with van der Waals surface area (Å²) in [6, 6.07) is 0. The Bertz CT molecular complexity index is 1020. The van der Waals surface area contributed by atoms with Crippen molar-refractivity contribution in [2.75, 3.05) is 13.2 Å². The zero-order chi connectivity index (χ0) is 45.8. The van der Waals surface area contributed by atoms with Crippen molar-refractivity contribution in [1.82, 2.24) is 0 Å². The van der Waals surface area contributed by atoms with Gasteiger partial charge in [-0.3, -0.25) is 14.4 Å². The van der Waals surface area contributed by atoms with Gasteiger partial charge in [-0.05, 0) is 51.4 Å². The first-order chi connectivity index (χ1) is 31.0. The molecule has 370 valence electrons. The van der Waals surface area contributed by atoms with Crippen LogP contribution in [0.25, 0.3) is 0 Å². The van der Waals surface area contributed by atoms with E-state index < -0.39 is 6.10 Å². The van der Waals surface area contributed by atoms with Gasteiger partial charge in [0, 0.05) is 19.3 Å². The Morgan fingerprint density at radius 1 is 0.317 bits per heavy atom. The Hall–Kier alpha value is -2.11. The molecule has 0 spiro atoms. The van der Waals surface area contributed by atoms with E-state index in [0.717, 1.165) is 64.2 Å². The lowest BCUT2D eigenvalue weighted by Gasteiger charge is -2.18. The predicted molar refractivity (Wildman–Crippen MR) is 270 cm³/mol. The molecule has 63 heavy (non-hydrogen) atoms. The number of carbonyl (C=O) groups is 3. The molecule has 0 aromatic rings. The molecule has 0 saturated heterocycles. The van der Waals surface area contributed by atoms with Gasteiger partial charge in [-0.1, -0.05) is 257 Å². The summed E-state index contributed by atoms with van der Waals surface area (Å²) in [4.78, 5) is 38.0. The van der Waals surface area contributed by atoms with Crippen LogP contribution >= 0.6 is 0 Å². The molecule has 6 nitrogen and oxygen atoms in total. The Morgan fingerprint density at radius 3 is 0.873 bits per heavy atom. The fourth-order valence-electron chi connectivity index (χ4n) is 8.24. The Labute approximate surface area is 392 Å². The van der Waals surface area contributed by atoms with E-state index in [9.17, 15) is 14.4 Å². The molecule has 6 heteroatoms. The Balaban J connectivity index is 4.23. The summed E-state index contributed by atoms with van der Waals surface area (Å²) in [7, 11) is 0. The average Bonchev–Trinajstić information content (AvgIpc) is 3.28. The SMILES string of the molecule is CCCCCCC/C=C\C/C=C\CCCCCCCCCCCC(=O)OCC(COC(=O)CCCCCCCCCCC)OC(=O)CCCCCCCCCCCCCCCCC. The van der Waals surface area contributed by atoms with E-state index in [0.29, 0.717) is 19.3 Å². The molecule has 0 bridgehead atoms. The van der Waals surface area contributed by atoms with Crippen molar-refractivity contribution < 1.29 is 28.6 Å². The third kappa shape index (κ3) is 50.7. The van der Waals surface area contributed by atoms with Crippen molar-refractivity contribution in [3.63, 3.8) is 0 Å². The van der Waals surface area contributed by atoms with Gasteiger partial charge in [0.15, 0.2) is 6.10 Å². The summed E-state index contributed by atoms with van der Waals surface area (Å²) in [5.41, 5.74) is 0. The molecule has 1 atom stereocenters. The molecule has 1 unspecified atom stereocenters. The number of hydrogen-bond acceptors (Lipinski definition) is 6. The van der Waals surface area contributed by atoms with Crippen molar-refractivity contribution in [3.8, 4) is 0 Å². The van der Waals surface area contributed by atoms with Crippen molar-refractivity contribution in [3.05, 3.63) is 24.3 Å². The van der Waals surface area contributed by atoms with Gasteiger partial charge in [-0.2, -0.15) is 0 Å². The van der Waals surface area contributed by atoms with Gasteiger partial charge in [0.25, 0.3) is 0 Å². The summed E-state index contributed by atoms with van der Waals surface area (Å²) in [6.07, 6.45) is 60.3. The minimum Gasteiger partial charge on any atom is -0.462 e. The summed E-state index contributed by atoms with van der Waals surface area (Å²) in [6.45, 7) is 6.64. The van der Waals surface area contributed by atoms with E-state index in [2.05, 4.69) is 45.1 Å². The van der Waals surface area contributed by atoms with E-state index in [1.807, 2.05) is 0 Å². The van der Waals surface area contributed by atoms with Crippen molar-refractivity contribution in [2.45, 2.75) is 309 Å². The lowest BCUT2D eigenvalue weighted by atomic mass is 10.0. The molecule has 0 amide bonds. The maximum Gasteiger partial charge on any atom is 0.306 e. The van der Waals surface area contributed by atoms with Crippen molar-refractivity contribution in [1.29, 1.82) is 0 Å². The van der Waals surface area contributed by atoms with Crippen LogP contribution in [0.3, 0.4) is 0 Å². The zero-order valence-electron chi connectivity index (χ0n) is 42.4. The molecule has 0 aliphatic carbocycles. The Morgan fingerprint density at radius 2 is 0.571 bits per heavy atom. The third-order valence-electron chi connectivity index (χ3n) is 12.5. The summed E-state index contributed by atoms with van der Waals surface area (Å²) in [5, 5.41) is 0. The van der Waals surface area contributed by atoms with Crippen LogP contribution in [0.2, 0.25) is 0 Å². The fourth-order valence-corrected chi connectivity index (χ4v) is 8.24. The molecular weight excluding hydrogens is 781 g/mol. The van der Waals surface area contributed by atoms with Gasteiger partial charge in [0.2, 0.25) is 0 Å². The van der Waals surface area contributed by atoms with E-state index in [1.165, 1.54) is 199 Å². The lowest BCUT2D eigenvalue weighted by Crippen LogP contribution is -2.30. The highest BCUT2D eigenvalue weighted by Gasteiger charge is 2.19. The normalized spacial score (nSPS) is 12.1. The van der Waals surface area contributed by atoms with E-state index in [4.69, 9.17) is 14.2 Å². The van der Waals surface area contributed by atoms with Gasteiger partial charge < -0.3 is 14.2 Å².